The minimum absolute atomic E-state index is 0.752. The van der Waals surface area contributed by atoms with Crippen LogP contribution in [0, 0.1) is 11.8 Å². The molecule has 0 N–H and O–H groups in total. The highest BCUT2D eigenvalue weighted by molar-refractivity contribution is 9.09. The molecule has 0 aromatic carbocycles. The second-order valence-electron chi connectivity index (χ2n) is 4.65. The van der Waals surface area contributed by atoms with Crippen molar-refractivity contribution in [3.63, 3.8) is 0 Å². The van der Waals surface area contributed by atoms with Gasteiger partial charge >= 0.3 is 0 Å². The quantitative estimate of drug-likeness (QED) is 0.695. The molecule has 2 heteroatoms. The van der Waals surface area contributed by atoms with Crippen LogP contribution in [0.4, 0.5) is 0 Å². The van der Waals surface area contributed by atoms with E-state index in [9.17, 15) is 0 Å². The lowest BCUT2D eigenvalue weighted by atomic mass is 9.78. The smallest absolute Gasteiger partial charge is 0.0177 e. The number of rotatable bonds is 3. The van der Waals surface area contributed by atoms with Gasteiger partial charge in [0.25, 0.3) is 0 Å². The number of hydrogen-bond donors (Lipinski definition) is 0. The van der Waals surface area contributed by atoms with E-state index in [0.717, 1.165) is 16.7 Å². The highest BCUT2D eigenvalue weighted by Gasteiger charge is 2.28. The molecule has 0 amide bonds. The molecule has 2 rings (SSSR count). The molecular formula is C13H19BrS. The number of hydrogen-bond acceptors (Lipinski definition) is 1. The predicted octanol–water partition coefficient (Wildman–Crippen LogP) is 4.88. The minimum atomic E-state index is 0.752. The van der Waals surface area contributed by atoms with E-state index in [2.05, 4.69) is 40.4 Å². The molecule has 0 nitrogen and oxygen atoms in total. The predicted molar refractivity (Wildman–Crippen MR) is 71.9 cm³/mol. The summed E-state index contributed by atoms with van der Waals surface area (Å²) in [4.78, 5) is 2.31. The van der Waals surface area contributed by atoms with Crippen LogP contribution in [-0.2, 0) is 6.42 Å². The van der Waals surface area contributed by atoms with Gasteiger partial charge in [-0.1, -0.05) is 35.3 Å². The van der Waals surface area contributed by atoms with Gasteiger partial charge in [-0.15, -0.1) is 11.3 Å². The molecule has 3 atom stereocenters. The van der Waals surface area contributed by atoms with E-state index in [1.54, 1.807) is 4.88 Å². The molecule has 0 radical (unpaired) electrons. The second kappa shape index (κ2) is 5.49. The van der Waals surface area contributed by atoms with E-state index in [1.165, 1.54) is 32.1 Å². The van der Waals surface area contributed by atoms with Gasteiger partial charge in [0.2, 0.25) is 0 Å². The molecule has 1 heterocycles. The number of halogens is 1. The summed E-state index contributed by atoms with van der Waals surface area (Å²) in [5.74, 6) is 1.84. The first kappa shape index (κ1) is 11.7. The molecule has 1 aliphatic carbocycles. The maximum absolute atomic E-state index is 3.86. The van der Waals surface area contributed by atoms with Crippen molar-refractivity contribution in [2.75, 3.05) is 0 Å². The van der Waals surface area contributed by atoms with Gasteiger partial charge in [-0.3, -0.25) is 0 Å². The summed E-state index contributed by atoms with van der Waals surface area (Å²) in [6, 6.07) is 4.45. The van der Waals surface area contributed by atoms with Crippen molar-refractivity contribution >= 4 is 27.3 Å². The molecule has 84 valence electrons. The Balaban J connectivity index is 1.94. The van der Waals surface area contributed by atoms with Crippen molar-refractivity contribution in [3.05, 3.63) is 22.4 Å². The third-order valence-electron chi connectivity index (χ3n) is 3.62. The first-order valence-electron chi connectivity index (χ1n) is 5.96. The maximum Gasteiger partial charge on any atom is 0.0177 e. The average molecular weight is 287 g/mol. The van der Waals surface area contributed by atoms with Crippen LogP contribution in [0.2, 0.25) is 0 Å². The van der Waals surface area contributed by atoms with E-state index < -0.39 is 0 Å². The van der Waals surface area contributed by atoms with Crippen LogP contribution in [0.3, 0.4) is 0 Å². The normalized spacial score (nSPS) is 31.7. The fourth-order valence-electron chi connectivity index (χ4n) is 2.59. The summed E-state index contributed by atoms with van der Waals surface area (Å²) in [5, 5.41) is 2.19. The Kier molecular flexibility index (Phi) is 4.27. The first-order chi connectivity index (χ1) is 7.29. The largest absolute Gasteiger partial charge is 0.149 e. The highest BCUT2D eigenvalue weighted by atomic mass is 79.9. The minimum Gasteiger partial charge on any atom is -0.149 e. The standard InChI is InChI=1S/C13H19BrS/c1-2-10-5-6-13(14)11(8-10)9-12-4-3-7-15-12/h3-4,7,10-11,13H,2,5-6,8-9H2,1H3. The molecule has 1 aromatic rings. The summed E-state index contributed by atoms with van der Waals surface area (Å²) in [6.45, 7) is 2.33. The topological polar surface area (TPSA) is 0 Å². The molecule has 0 bridgehead atoms. The van der Waals surface area contributed by atoms with Crippen molar-refractivity contribution in [2.24, 2.45) is 11.8 Å². The lowest BCUT2D eigenvalue weighted by Gasteiger charge is -2.32. The Morgan fingerprint density at radius 3 is 3.00 bits per heavy atom. The zero-order valence-electron chi connectivity index (χ0n) is 9.29. The van der Waals surface area contributed by atoms with Gasteiger partial charge in [-0.25, -0.2) is 0 Å². The second-order valence-corrected chi connectivity index (χ2v) is 6.86. The third-order valence-corrected chi connectivity index (χ3v) is 5.72. The molecular weight excluding hydrogens is 268 g/mol. The van der Waals surface area contributed by atoms with Gasteiger partial charge in [0.1, 0.15) is 0 Å². The fourth-order valence-corrected chi connectivity index (χ4v) is 4.06. The Bertz CT molecular complexity index is 281. The summed E-state index contributed by atoms with van der Waals surface area (Å²) >= 11 is 5.77. The van der Waals surface area contributed by atoms with Crippen molar-refractivity contribution in [1.82, 2.24) is 0 Å². The number of alkyl halides is 1. The lowest BCUT2D eigenvalue weighted by molar-refractivity contribution is 0.272. The summed E-state index contributed by atoms with van der Waals surface area (Å²) in [7, 11) is 0. The van der Waals surface area contributed by atoms with Gasteiger partial charge in [0.05, 0.1) is 0 Å². The van der Waals surface area contributed by atoms with Gasteiger partial charge < -0.3 is 0 Å². The molecule has 1 aromatic heterocycles. The van der Waals surface area contributed by atoms with Gasteiger partial charge in [-0.2, -0.15) is 0 Å². The van der Waals surface area contributed by atoms with Gasteiger partial charge in [0, 0.05) is 9.70 Å². The molecule has 0 aliphatic heterocycles. The van der Waals surface area contributed by atoms with Crippen LogP contribution < -0.4 is 0 Å². The summed E-state index contributed by atoms with van der Waals surface area (Å²) in [6.07, 6.45) is 6.86. The van der Waals surface area contributed by atoms with Crippen LogP contribution in [0.25, 0.3) is 0 Å². The van der Waals surface area contributed by atoms with Gasteiger partial charge in [0.15, 0.2) is 0 Å². The first-order valence-corrected chi connectivity index (χ1v) is 7.75. The Morgan fingerprint density at radius 2 is 2.33 bits per heavy atom. The van der Waals surface area contributed by atoms with Crippen LogP contribution in [-0.4, -0.2) is 4.83 Å². The van der Waals surface area contributed by atoms with Crippen LogP contribution in [0.5, 0.6) is 0 Å². The van der Waals surface area contributed by atoms with E-state index in [0.29, 0.717) is 0 Å². The fraction of sp³-hybridized carbons (Fsp3) is 0.692. The van der Waals surface area contributed by atoms with Crippen molar-refractivity contribution in [3.8, 4) is 0 Å². The molecule has 3 unspecified atom stereocenters. The van der Waals surface area contributed by atoms with Crippen LogP contribution in [0.15, 0.2) is 17.5 Å². The Morgan fingerprint density at radius 1 is 1.47 bits per heavy atom. The molecule has 0 spiro atoms. The molecule has 15 heavy (non-hydrogen) atoms. The van der Waals surface area contributed by atoms with E-state index in [1.807, 2.05) is 11.3 Å². The third kappa shape index (κ3) is 3.07. The summed E-state index contributed by atoms with van der Waals surface area (Å²) < 4.78 is 0. The van der Waals surface area contributed by atoms with Crippen molar-refractivity contribution < 1.29 is 0 Å². The maximum atomic E-state index is 3.86. The highest BCUT2D eigenvalue weighted by Crippen LogP contribution is 2.37. The van der Waals surface area contributed by atoms with Gasteiger partial charge in [-0.05, 0) is 49.0 Å². The zero-order chi connectivity index (χ0) is 10.7. The average Bonchev–Trinajstić information content (AvgIpc) is 2.74. The Hall–Kier alpha value is 0.180. The molecule has 1 aliphatic rings. The molecule has 1 fully saturated rings. The summed E-state index contributed by atoms with van der Waals surface area (Å²) in [5.41, 5.74) is 0. The monoisotopic (exact) mass is 286 g/mol. The molecule has 0 saturated heterocycles. The van der Waals surface area contributed by atoms with Crippen LogP contribution in [0.1, 0.15) is 37.5 Å². The zero-order valence-corrected chi connectivity index (χ0v) is 11.7. The van der Waals surface area contributed by atoms with E-state index >= 15 is 0 Å². The van der Waals surface area contributed by atoms with Crippen LogP contribution >= 0.6 is 27.3 Å². The van der Waals surface area contributed by atoms with Crippen molar-refractivity contribution in [2.45, 2.75) is 43.9 Å². The lowest BCUT2D eigenvalue weighted by Crippen LogP contribution is -2.26. The number of thiophene rings is 1. The SMILES string of the molecule is CCC1CCC(Br)C(Cc2cccs2)C1. The van der Waals surface area contributed by atoms with E-state index in [4.69, 9.17) is 0 Å². The van der Waals surface area contributed by atoms with Crippen molar-refractivity contribution in [1.29, 1.82) is 0 Å². The Labute approximate surface area is 105 Å². The molecule has 1 saturated carbocycles. The van der Waals surface area contributed by atoms with E-state index in [-0.39, 0.29) is 0 Å².